The molecule has 1 aromatic rings. The van der Waals surface area contributed by atoms with Crippen LogP contribution >= 0.6 is 0 Å². The van der Waals surface area contributed by atoms with E-state index in [1.54, 1.807) is 0 Å². The van der Waals surface area contributed by atoms with Crippen LogP contribution in [0.15, 0.2) is 24.3 Å². The number of piperidine rings is 1. The summed E-state index contributed by atoms with van der Waals surface area (Å²) in [5.74, 6) is 0.475. The van der Waals surface area contributed by atoms with Crippen LogP contribution in [-0.2, 0) is 20.2 Å². The van der Waals surface area contributed by atoms with E-state index in [2.05, 4.69) is 54.7 Å². The van der Waals surface area contributed by atoms with Crippen LogP contribution in [0, 0.1) is 5.92 Å². The maximum Gasteiger partial charge on any atom is 0.212 e. The van der Waals surface area contributed by atoms with E-state index in [-0.39, 0.29) is 23.1 Å². The van der Waals surface area contributed by atoms with Gasteiger partial charge >= 0.3 is 0 Å². The Morgan fingerprint density at radius 3 is 2.19 bits per heavy atom. The molecule has 0 radical (unpaired) electrons. The Labute approximate surface area is 164 Å². The fourth-order valence-electron chi connectivity index (χ4n) is 3.95. The Bertz CT molecular complexity index is 696. The van der Waals surface area contributed by atoms with Crippen molar-refractivity contribution in [1.29, 1.82) is 0 Å². The lowest BCUT2D eigenvalue weighted by atomic mass is 9.87. The van der Waals surface area contributed by atoms with Crippen molar-refractivity contribution < 1.29 is 13.2 Å². The number of rotatable bonds is 5. The van der Waals surface area contributed by atoms with Gasteiger partial charge in [0.25, 0.3) is 0 Å². The summed E-state index contributed by atoms with van der Waals surface area (Å²) in [6.07, 6.45) is 3.41. The summed E-state index contributed by atoms with van der Waals surface area (Å²) in [5.41, 5.74) is 2.72. The zero-order chi connectivity index (χ0) is 19.5. The lowest BCUT2D eigenvalue weighted by Crippen LogP contribution is -2.46. The van der Waals surface area contributed by atoms with Crippen LogP contribution in [0.3, 0.4) is 0 Å². The normalized spacial score (nSPS) is 20.8. The summed E-state index contributed by atoms with van der Waals surface area (Å²) in [6, 6.07) is 8.85. The van der Waals surface area contributed by atoms with E-state index in [1.807, 2.05) is 0 Å². The van der Waals surface area contributed by atoms with Crippen molar-refractivity contribution in [1.82, 2.24) is 4.72 Å². The quantitative estimate of drug-likeness (QED) is 0.832. The van der Waals surface area contributed by atoms with E-state index in [1.165, 1.54) is 11.3 Å². The zero-order valence-corrected chi connectivity index (χ0v) is 17.7. The van der Waals surface area contributed by atoms with E-state index < -0.39 is 10.0 Å². The Kier molecular flexibility index (Phi) is 6.49. The molecule has 1 N–H and O–H groups in total. The first-order chi connectivity index (χ1) is 12.7. The van der Waals surface area contributed by atoms with Crippen LogP contribution in [-0.4, -0.2) is 46.5 Å². The second-order valence-electron chi connectivity index (χ2n) is 9.01. The molecule has 27 heavy (non-hydrogen) atoms. The molecule has 0 aromatic heterocycles. The SMILES string of the molecule is CC(C)(C)c1ccc(N2CCC(NS(=O)(=O)CC3CCOCC3)CC2)cc1. The van der Waals surface area contributed by atoms with Crippen molar-refractivity contribution in [2.75, 3.05) is 37.0 Å². The van der Waals surface area contributed by atoms with Gasteiger partial charge in [-0.15, -0.1) is 0 Å². The predicted molar refractivity (Wildman–Crippen MR) is 111 cm³/mol. The van der Waals surface area contributed by atoms with Gasteiger partial charge in [-0.3, -0.25) is 0 Å². The fourth-order valence-corrected chi connectivity index (χ4v) is 5.75. The second kappa shape index (κ2) is 8.50. The molecule has 2 saturated heterocycles. The number of benzene rings is 1. The van der Waals surface area contributed by atoms with Crippen LogP contribution in [0.25, 0.3) is 0 Å². The van der Waals surface area contributed by atoms with E-state index in [0.717, 1.165) is 38.8 Å². The highest BCUT2D eigenvalue weighted by atomic mass is 32.2. The van der Waals surface area contributed by atoms with Crippen LogP contribution in [0.1, 0.15) is 52.0 Å². The lowest BCUT2D eigenvalue weighted by molar-refractivity contribution is 0.0722. The molecule has 0 bridgehead atoms. The molecule has 2 heterocycles. The summed E-state index contributed by atoms with van der Waals surface area (Å²) in [4.78, 5) is 2.36. The van der Waals surface area contributed by atoms with Crippen molar-refractivity contribution in [3.63, 3.8) is 0 Å². The Balaban J connectivity index is 1.49. The molecule has 2 aliphatic rings. The molecule has 2 aliphatic heterocycles. The van der Waals surface area contributed by atoms with Gasteiger partial charge in [-0.05, 0) is 54.7 Å². The number of anilines is 1. The monoisotopic (exact) mass is 394 g/mol. The zero-order valence-electron chi connectivity index (χ0n) is 16.9. The molecular weight excluding hydrogens is 360 g/mol. The van der Waals surface area contributed by atoms with Gasteiger partial charge in [0.1, 0.15) is 0 Å². The van der Waals surface area contributed by atoms with Crippen LogP contribution < -0.4 is 9.62 Å². The molecule has 0 unspecified atom stereocenters. The molecule has 0 saturated carbocycles. The van der Waals surface area contributed by atoms with E-state index >= 15 is 0 Å². The highest BCUT2D eigenvalue weighted by Crippen LogP contribution is 2.26. The molecular formula is C21H34N2O3S. The molecule has 0 aliphatic carbocycles. The molecule has 152 valence electrons. The first kappa shape index (κ1) is 20.6. The molecule has 1 aromatic carbocycles. The van der Waals surface area contributed by atoms with Crippen molar-refractivity contribution in [3.8, 4) is 0 Å². The minimum Gasteiger partial charge on any atom is -0.381 e. The number of nitrogens with one attached hydrogen (secondary N) is 1. The van der Waals surface area contributed by atoms with Gasteiger partial charge in [0.2, 0.25) is 10.0 Å². The van der Waals surface area contributed by atoms with E-state index in [0.29, 0.717) is 13.2 Å². The summed E-state index contributed by atoms with van der Waals surface area (Å²) in [5, 5.41) is 0. The lowest BCUT2D eigenvalue weighted by Gasteiger charge is -2.34. The topological polar surface area (TPSA) is 58.6 Å². The highest BCUT2D eigenvalue weighted by Gasteiger charge is 2.27. The van der Waals surface area contributed by atoms with Crippen molar-refractivity contribution in [3.05, 3.63) is 29.8 Å². The fraction of sp³-hybridized carbons (Fsp3) is 0.714. The van der Waals surface area contributed by atoms with Crippen LogP contribution in [0.4, 0.5) is 5.69 Å². The summed E-state index contributed by atoms with van der Waals surface area (Å²) in [7, 11) is -3.21. The van der Waals surface area contributed by atoms with Crippen molar-refractivity contribution in [2.24, 2.45) is 5.92 Å². The van der Waals surface area contributed by atoms with E-state index in [9.17, 15) is 8.42 Å². The van der Waals surface area contributed by atoms with Gasteiger partial charge in [-0.1, -0.05) is 32.9 Å². The molecule has 0 atom stereocenters. The van der Waals surface area contributed by atoms with Gasteiger partial charge in [-0.25, -0.2) is 13.1 Å². The minimum atomic E-state index is -3.21. The maximum atomic E-state index is 12.5. The first-order valence-electron chi connectivity index (χ1n) is 10.2. The smallest absolute Gasteiger partial charge is 0.212 e. The Hall–Kier alpha value is -1.11. The standard InChI is InChI=1S/C21H34N2O3S/c1-21(2,3)18-4-6-20(7-5-18)23-12-8-19(9-13-23)22-27(24,25)16-17-10-14-26-15-11-17/h4-7,17,19,22H,8-16H2,1-3H3. The van der Waals surface area contributed by atoms with E-state index in [4.69, 9.17) is 4.74 Å². The number of nitrogens with zero attached hydrogens (tertiary/aromatic N) is 1. The minimum absolute atomic E-state index is 0.0555. The molecule has 0 amide bonds. The molecule has 5 nitrogen and oxygen atoms in total. The van der Waals surface area contributed by atoms with Crippen LogP contribution in [0.5, 0.6) is 0 Å². The number of ether oxygens (including phenoxy) is 1. The summed E-state index contributed by atoms with van der Waals surface area (Å²) < 4.78 is 33.2. The van der Waals surface area contributed by atoms with Crippen LogP contribution in [0.2, 0.25) is 0 Å². The van der Waals surface area contributed by atoms with Crippen molar-refractivity contribution >= 4 is 15.7 Å². The molecule has 0 spiro atoms. The molecule has 6 heteroatoms. The average Bonchev–Trinajstić information content (AvgIpc) is 2.62. The Morgan fingerprint density at radius 2 is 1.63 bits per heavy atom. The molecule has 2 fully saturated rings. The maximum absolute atomic E-state index is 12.5. The number of sulfonamides is 1. The third-order valence-electron chi connectivity index (χ3n) is 5.74. The summed E-state index contributed by atoms with van der Waals surface area (Å²) in [6.45, 7) is 9.82. The first-order valence-corrected chi connectivity index (χ1v) is 11.8. The van der Waals surface area contributed by atoms with Gasteiger partial charge < -0.3 is 9.64 Å². The van der Waals surface area contributed by atoms with Gasteiger partial charge in [-0.2, -0.15) is 0 Å². The largest absolute Gasteiger partial charge is 0.381 e. The van der Waals surface area contributed by atoms with Gasteiger partial charge in [0, 0.05) is 38.0 Å². The predicted octanol–water partition coefficient (Wildman–Crippen LogP) is 3.30. The second-order valence-corrected chi connectivity index (χ2v) is 10.8. The third kappa shape index (κ3) is 5.93. The number of hydrogen-bond acceptors (Lipinski definition) is 4. The Morgan fingerprint density at radius 1 is 1.04 bits per heavy atom. The highest BCUT2D eigenvalue weighted by molar-refractivity contribution is 7.89. The van der Waals surface area contributed by atoms with Gasteiger partial charge in [0.15, 0.2) is 0 Å². The van der Waals surface area contributed by atoms with Gasteiger partial charge in [0.05, 0.1) is 5.75 Å². The average molecular weight is 395 g/mol. The number of hydrogen-bond donors (Lipinski definition) is 1. The third-order valence-corrected chi connectivity index (χ3v) is 7.34. The summed E-state index contributed by atoms with van der Waals surface area (Å²) >= 11 is 0. The van der Waals surface area contributed by atoms with Crippen molar-refractivity contribution in [2.45, 2.75) is 57.9 Å². The molecule has 3 rings (SSSR count).